The zero-order chi connectivity index (χ0) is 14.0. The van der Waals surface area contributed by atoms with E-state index in [1.807, 2.05) is 0 Å². The fraction of sp³-hybridized carbons (Fsp3) is 0.0833. The molecule has 0 aliphatic rings. The SMILES string of the molecule is CN(C(=O)c1cc(Br)c[nH]1)c1ccc([N+](=O)[O-])cc1. The average Bonchev–Trinajstić information content (AvgIpc) is 2.84. The first-order valence-corrected chi connectivity index (χ1v) is 6.15. The Morgan fingerprint density at radius 1 is 1.37 bits per heavy atom. The number of carbonyl (C=O) groups excluding carboxylic acids is 1. The van der Waals surface area contributed by atoms with Crippen molar-refractivity contribution in [3.05, 3.63) is 56.8 Å². The molecular weight excluding hydrogens is 314 g/mol. The van der Waals surface area contributed by atoms with Crippen LogP contribution < -0.4 is 4.90 Å². The van der Waals surface area contributed by atoms with Crippen LogP contribution in [0.5, 0.6) is 0 Å². The zero-order valence-electron chi connectivity index (χ0n) is 9.96. The predicted octanol–water partition coefficient (Wildman–Crippen LogP) is 2.96. The van der Waals surface area contributed by atoms with Crippen LogP contribution in [0.25, 0.3) is 0 Å². The molecule has 0 bridgehead atoms. The molecular formula is C12H10BrN3O3. The van der Waals surface area contributed by atoms with E-state index in [-0.39, 0.29) is 11.6 Å². The van der Waals surface area contributed by atoms with Crippen molar-refractivity contribution in [2.45, 2.75) is 0 Å². The third-order valence-corrected chi connectivity index (χ3v) is 3.09. The molecule has 0 spiro atoms. The summed E-state index contributed by atoms with van der Waals surface area (Å²) in [6.45, 7) is 0. The molecule has 0 unspecified atom stereocenters. The minimum atomic E-state index is -0.478. The van der Waals surface area contributed by atoms with Crippen LogP contribution >= 0.6 is 15.9 Å². The number of aromatic nitrogens is 1. The maximum absolute atomic E-state index is 12.1. The lowest BCUT2D eigenvalue weighted by molar-refractivity contribution is -0.384. The molecule has 0 saturated heterocycles. The number of H-pyrrole nitrogens is 1. The number of anilines is 1. The van der Waals surface area contributed by atoms with Crippen LogP contribution in [-0.4, -0.2) is 22.9 Å². The van der Waals surface area contributed by atoms with Crippen LogP contribution in [0.3, 0.4) is 0 Å². The van der Waals surface area contributed by atoms with Gasteiger partial charge in [-0.05, 0) is 34.1 Å². The number of carbonyl (C=O) groups is 1. The fourth-order valence-corrected chi connectivity index (χ4v) is 1.93. The highest BCUT2D eigenvalue weighted by molar-refractivity contribution is 9.10. The summed E-state index contributed by atoms with van der Waals surface area (Å²) in [4.78, 5) is 26.5. The van der Waals surface area contributed by atoms with Gasteiger partial charge in [0.25, 0.3) is 11.6 Å². The van der Waals surface area contributed by atoms with Crippen LogP contribution in [0.1, 0.15) is 10.5 Å². The van der Waals surface area contributed by atoms with Gasteiger partial charge in [-0.1, -0.05) is 0 Å². The van der Waals surface area contributed by atoms with Crippen molar-refractivity contribution < 1.29 is 9.72 Å². The second-order valence-corrected chi connectivity index (χ2v) is 4.78. The summed E-state index contributed by atoms with van der Waals surface area (Å²) in [5.41, 5.74) is 1.02. The maximum Gasteiger partial charge on any atom is 0.274 e. The van der Waals surface area contributed by atoms with Gasteiger partial charge in [0.15, 0.2) is 0 Å². The smallest absolute Gasteiger partial charge is 0.274 e. The summed E-state index contributed by atoms with van der Waals surface area (Å²) in [7, 11) is 1.61. The van der Waals surface area contributed by atoms with E-state index >= 15 is 0 Å². The Balaban J connectivity index is 2.21. The van der Waals surface area contributed by atoms with E-state index in [1.54, 1.807) is 19.3 Å². The number of nitrogens with one attached hydrogen (secondary N) is 1. The van der Waals surface area contributed by atoms with Gasteiger partial charge in [-0.25, -0.2) is 0 Å². The average molecular weight is 324 g/mol. The molecule has 1 N–H and O–H groups in total. The Bertz CT molecular complexity index is 621. The second-order valence-electron chi connectivity index (χ2n) is 3.87. The summed E-state index contributed by atoms with van der Waals surface area (Å²) >= 11 is 3.25. The number of halogens is 1. The van der Waals surface area contributed by atoms with E-state index in [9.17, 15) is 14.9 Å². The normalized spacial score (nSPS) is 10.2. The van der Waals surface area contributed by atoms with Gasteiger partial charge in [0, 0.05) is 35.5 Å². The summed E-state index contributed by atoms with van der Waals surface area (Å²) in [6, 6.07) is 7.47. The Morgan fingerprint density at radius 3 is 2.47 bits per heavy atom. The molecule has 2 rings (SSSR count). The van der Waals surface area contributed by atoms with Gasteiger partial charge in [0.2, 0.25) is 0 Å². The number of nitro benzene ring substituents is 1. The number of rotatable bonds is 3. The van der Waals surface area contributed by atoms with E-state index < -0.39 is 4.92 Å². The van der Waals surface area contributed by atoms with Crippen molar-refractivity contribution >= 4 is 33.2 Å². The number of hydrogen-bond donors (Lipinski definition) is 1. The number of aromatic amines is 1. The molecule has 0 atom stereocenters. The first-order chi connectivity index (χ1) is 8.99. The van der Waals surface area contributed by atoms with Gasteiger partial charge in [0.1, 0.15) is 5.69 Å². The summed E-state index contributed by atoms with van der Waals surface area (Å²) in [5, 5.41) is 10.6. The monoisotopic (exact) mass is 323 g/mol. The molecule has 6 nitrogen and oxygen atoms in total. The van der Waals surface area contributed by atoms with Gasteiger partial charge in [-0.3, -0.25) is 14.9 Å². The topological polar surface area (TPSA) is 79.2 Å². The molecule has 0 aliphatic heterocycles. The molecule has 2 aromatic rings. The number of amides is 1. The molecule has 0 radical (unpaired) electrons. The number of non-ortho nitro benzene ring substituents is 1. The molecule has 0 saturated carbocycles. The van der Waals surface area contributed by atoms with Crippen LogP contribution in [0.4, 0.5) is 11.4 Å². The molecule has 1 amide bonds. The molecule has 1 aromatic heterocycles. The zero-order valence-corrected chi connectivity index (χ0v) is 11.5. The third-order valence-electron chi connectivity index (χ3n) is 2.63. The second kappa shape index (κ2) is 5.23. The molecule has 1 aromatic carbocycles. The number of benzene rings is 1. The van der Waals surface area contributed by atoms with Gasteiger partial charge >= 0.3 is 0 Å². The quantitative estimate of drug-likeness (QED) is 0.696. The first kappa shape index (κ1) is 13.3. The van der Waals surface area contributed by atoms with Crippen molar-refractivity contribution in [1.29, 1.82) is 0 Å². The van der Waals surface area contributed by atoms with Crippen LogP contribution in [0.15, 0.2) is 41.0 Å². The van der Waals surface area contributed by atoms with E-state index in [0.29, 0.717) is 11.4 Å². The molecule has 7 heteroatoms. The minimum Gasteiger partial charge on any atom is -0.356 e. The van der Waals surface area contributed by atoms with Gasteiger partial charge in [-0.15, -0.1) is 0 Å². The Morgan fingerprint density at radius 2 is 2.00 bits per heavy atom. The van der Waals surface area contributed by atoms with Gasteiger partial charge in [-0.2, -0.15) is 0 Å². The standard InChI is InChI=1S/C12H10BrN3O3/c1-15(12(17)11-6-8(13)7-14-11)9-2-4-10(5-3-9)16(18)19/h2-7,14H,1H3. The van der Waals surface area contributed by atoms with Gasteiger partial charge < -0.3 is 9.88 Å². The molecule has 98 valence electrons. The first-order valence-electron chi connectivity index (χ1n) is 5.35. The van der Waals surface area contributed by atoms with E-state index in [2.05, 4.69) is 20.9 Å². The Labute approximate surface area is 117 Å². The highest BCUT2D eigenvalue weighted by Gasteiger charge is 2.16. The highest BCUT2D eigenvalue weighted by atomic mass is 79.9. The maximum atomic E-state index is 12.1. The number of nitrogens with zero attached hydrogens (tertiary/aromatic N) is 2. The Hall–Kier alpha value is -2.15. The van der Waals surface area contributed by atoms with E-state index in [4.69, 9.17) is 0 Å². The van der Waals surface area contributed by atoms with Crippen molar-refractivity contribution in [3.63, 3.8) is 0 Å². The lowest BCUT2D eigenvalue weighted by atomic mass is 10.2. The van der Waals surface area contributed by atoms with Crippen LogP contribution in [0.2, 0.25) is 0 Å². The Kier molecular flexibility index (Phi) is 3.66. The van der Waals surface area contributed by atoms with Gasteiger partial charge in [0.05, 0.1) is 4.92 Å². The van der Waals surface area contributed by atoms with Crippen molar-refractivity contribution in [3.8, 4) is 0 Å². The number of nitro groups is 1. The van der Waals surface area contributed by atoms with Crippen molar-refractivity contribution in [2.24, 2.45) is 0 Å². The van der Waals surface area contributed by atoms with Crippen molar-refractivity contribution in [1.82, 2.24) is 4.98 Å². The summed E-state index contributed by atoms with van der Waals surface area (Å²) in [6.07, 6.45) is 1.66. The fourth-order valence-electron chi connectivity index (χ4n) is 1.59. The summed E-state index contributed by atoms with van der Waals surface area (Å²) < 4.78 is 0.785. The summed E-state index contributed by atoms with van der Waals surface area (Å²) in [5.74, 6) is -0.223. The van der Waals surface area contributed by atoms with Crippen LogP contribution in [-0.2, 0) is 0 Å². The molecule has 0 fully saturated rings. The molecule has 19 heavy (non-hydrogen) atoms. The third kappa shape index (κ3) is 2.82. The van der Waals surface area contributed by atoms with E-state index in [0.717, 1.165) is 4.47 Å². The molecule has 0 aliphatic carbocycles. The van der Waals surface area contributed by atoms with Crippen LogP contribution in [0, 0.1) is 10.1 Å². The lowest BCUT2D eigenvalue weighted by Gasteiger charge is -2.16. The predicted molar refractivity (Wildman–Crippen MR) is 74.3 cm³/mol. The molecule has 1 heterocycles. The largest absolute Gasteiger partial charge is 0.356 e. The van der Waals surface area contributed by atoms with E-state index in [1.165, 1.54) is 29.2 Å². The highest BCUT2D eigenvalue weighted by Crippen LogP contribution is 2.20. The minimum absolute atomic E-state index is 0.00721. The number of hydrogen-bond acceptors (Lipinski definition) is 3. The van der Waals surface area contributed by atoms with Crippen molar-refractivity contribution in [2.75, 3.05) is 11.9 Å². The lowest BCUT2D eigenvalue weighted by Crippen LogP contribution is -2.26.